The zero-order valence-corrected chi connectivity index (χ0v) is 22.3. The lowest BCUT2D eigenvalue weighted by atomic mass is 9.88. The fourth-order valence-corrected chi connectivity index (χ4v) is 4.93. The van der Waals surface area contributed by atoms with E-state index in [-0.39, 0.29) is 34.4 Å². The molecule has 0 aliphatic heterocycles. The Bertz CT molecular complexity index is 1430. The zero-order valence-electron chi connectivity index (χ0n) is 20.0. The summed E-state index contributed by atoms with van der Waals surface area (Å²) in [5.74, 6) is -0.328. The van der Waals surface area contributed by atoms with Crippen molar-refractivity contribution >= 4 is 56.3 Å². The second kappa shape index (κ2) is 11.8. The van der Waals surface area contributed by atoms with Crippen molar-refractivity contribution in [2.45, 2.75) is 44.9 Å². The highest BCUT2D eigenvalue weighted by Crippen LogP contribution is 2.35. The molecule has 2 aromatic carbocycles. The quantitative estimate of drug-likeness (QED) is 0.145. The molecule has 194 valence electrons. The van der Waals surface area contributed by atoms with Gasteiger partial charge in [0.1, 0.15) is 5.82 Å². The Hall–Kier alpha value is -3.31. The number of hydrogen-bond acceptors (Lipinski definition) is 8. The summed E-state index contributed by atoms with van der Waals surface area (Å²) in [4.78, 5) is 41.2. The molecule has 12 heteroatoms. The summed E-state index contributed by atoms with van der Waals surface area (Å²) in [7, 11) is 0. The Labute approximate surface area is 225 Å². The van der Waals surface area contributed by atoms with Crippen molar-refractivity contribution in [1.82, 2.24) is 9.66 Å². The number of ether oxygens (including phenoxy) is 2. The van der Waals surface area contributed by atoms with Gasteiger partial charge in [0.05, 0.1) is 28.6 Å². The molecule has 0 N–H and O–H groups in total. The van der Waals surface area contributed by atoms with Crippen molar-refractivity contribution in [3.8, 4) is 5.75 Å². The van der Waals surface area contributed by atoms with E-state index < -0.39 is 23.2 Å². The first kappa shape index (κ1) is 26.7. The summed E-state index contributed by atoms with van der Waals surface area (Å²) in [6.45, 7) is 1.23. The van der Waals surface area contributed by atoms with Crippen molar-refractivity contribution in [1.29, 1.82) is 0 Å². The Morgan fingerprint density at radius 1 is 1.30 bits per heavy atom. The molecule has 1 saturated carbocycles. The number of halogens is 2. The minimum Gasteiger partial charge on any atom is -0.474 e. The van der Waals surface area contributed by atoms with E-state index in [2.05, 4.69) is 21.0 Å². The lowest BCUT2D eigenvalue weighted by Crippen LogP contribution is -2.25. The average Bonchev–Trinajstić information content (AvgIpc) is 2.88. The lowest BCUT2D eigenvalue weighted by Gasteiger charge is -2.22. The van der Waals surface area contributed by atoms with Crippen LogP contribution in [-0.4, -0.2) is 40.0 Å². The van der Waals surface area contributed by atoms with Crippen LogP contribution in [0.4, 0.5) is 5.69 Å². The fraction of sp³-hybridized carbons (Fsp3) is 0.360. The van der Waals surface area contributed by atoms with Gasteiger partial charge in [-0.3, -0.25) is 14.9 Å². The van der Waals surface area contributed by atoms with Crippen molar-refractivity contribution in [3.05, 3.63) is 71.7 Å². The molecular formula is C25H24BrClN4O6. The van der Waals surface area contributed by atoms with Gasteiger partial charge >= 0.3 is 11.7 Å². The molecular weight excluding hydrogens is 568 g/mol. The number of carbonyl (C=O) groups is 1. The molecule has 1 aliphatic rings. The van der Waals surface area contributed by atoms with E-state index in [1.807, 2.05) is 6.07 Å². The molecule has 3 aromatic rings. The molecule has 1 fully saturated rings. The van der Waals surface area contributed by atoms with E-state index >= 15 is 0 Å². The van der Waals surface area contributed by atoms with E-state index in [0.29, 0.717) is 16.7 Å². The Morgan fingerprint density at radius 2 is 2.05 bits per heavy atom. The number of fused-ring (bicyclic) bond motifs is 1. The maximum absolute atomic E-state index is 13.5. The summed E-state index contributed by atoms with van der Waals surface area (Å²) in [5, 5.41) is 16.6. The van der Waals surface area contributed by atoms with Crippen LogP contribution in [-0.2, 0) is 9.53 Å². The summed E-state index contributed by atoms with van der Waals surface area (Å²) in [5.41, 5.74) is -0.122. The van der Waals surface area contributed by atoms with Gasteiger partial charge in [-0.2, -0.15) is 9.78 Å². The van der Waals surface area contributed by atoms with Crippen LogP contribution in [0.2, 0.25) is 5.02 Å². The summed E-state index contributed by atoms with van der Waals surface area (Å²) < 4.78 is 12.3. The normalized spacial score (nSPS) is 14.2. The van der Waals surface area contributed by atoms with Crippen LogP contribution in [0.3, 0.4) is 0 Å². The standard InChI is InChI=1S/C25H24BrClN4O6/c1-2-36-22(32)14-37-23-16(10-18(27)12-21(23)31(34)35)13-28-30-24(15-6-4-3-5-7-15)29-20-9-8-17(26)11-19(20)25(30)33/h8-13,15H,2-7,14H2,1H3. The molecule has 1 aliphatic carbocycles. The Kier molecular flexibility index (Phi) is 8.55. The summed E-state index contributed by atoms with van der Waals surface area (Å²) in [6, 6.07) is 7.82. The predicted octanol–water partition coefficient (Wildman–Crippen LogP) is 5.59. The molecule has 1 heterocycles. The van der Waals surface area contributed by atoms with Gasteiger partial charge in [-0.1, -0.05) is 46.8 Å². The van der Waals surface area contributed by atoms with Crippen LogP contribution in [0.5, 0.6) is 5.75 Å². The molecule has 1 aromatic heterocycles. The molecule has 0 atom stereocenters. The second-order valence-corrected chi connectivity index (χ2v) is 9.87. The average molecular weight is 592 g/mol. The van der Waals surface area contributed by atoms with Gasteiger partial charge in [-0.05, 0) is 44.0 Å². The Balaban J connectivity index is 1.84. The molecule has 0 radical (unpaired) electrons. The van der Waals surface area contributed by atoms with E-state index in [0.717, 1.165) is 42.6 Å². The van der Waals surface area contributed by atoms with Crippen LogP contribution >= 0.6 is 27.5 Å². The number of rotatable bonds is 8. The molecule has 4 rings (SSSR count). The molecule has 0 unspecified atom stereocenters. The van der Waals surface area contributed by atoms with Crippen molar-refractivity contribution in [2.75, 3.05) is 13.2 Å². The van der Waals surface area contributed by atoms with Crippen LogP contribution in [0, 0.1) is 10.1 Å². The number of nitro groups is 1. The van der Waals surface area contributed by atoms with Gasteiger partial charge in [0.2, 0.25) is 5.75 Å². The van der Waals surface area contributed by atoms with Crippen molar-refractivity contribution < 1.29 is 19.2 Å². The molecule has 0 saturated heterocycles. The zero-order chi connectivity index (χ0) is 26.5. The topological polar surface area (TPSA) is 126 Å². The first-order chi connectivity index (χ1) is 17.8. The van der Waals surface area contributed by atoms with E-state index in [1.165, 1.54) is 17.0 Å². The number of hydrogen-bond donors (Lipinski definition) is 0. The molecule has 0 amide bonds. The van der Waals surface area contributed by atoms with Crippen LogP contribution in [0.1, 0.15) is 56.3 Å². The number of carbonyl (C=O) groups excluding carboxylic acids is 1. The van der Waals surface area contributed by atoms with E-state index in [9.17, 15) is 19.7 Å². The fourth-order valence-electron chi connectivity index (χ4n) is 4.34. The molecule has 0 spiro atoms. The molecule has 37 heavy (non-hydrogen) atoms. The van der Waals surface area contributed by atoms with Gasteiger partial charge < -0.3 is 9.47 Å². The highest BCUT2D eigenvalue weighted by Gasteiger charge is 2.24. The first-order valence-electron chi connectivity index (χ1n) is 11.8. The predicted molar refractivity (Wildman–Crippen MR) is 143 cm³/mol. The highest BCUT2D eigenvalue weighted by molar-refractivity contribution is 9.10. The minimum absolute atomic E-state index is 0.0416. The second-order valence-electron chi connectivity index (χ2n) is 8.52. The first-order valence-corrected chi connectivity index (χ1v) is 13.0. The number of nitro benzene ring substituents is 1. The third-order valence-corrected chi connectivity index (χ3v) is 6.73. The van der Waals surface area contributed by atoms with Gasteiger partial charge in [-0.25, -0.2) is 9.78 Å². The SMILES string of the molecule is CCOC(=O)COc1c(C=Nn2c(C3CCCCC3)nc3ccc(Br)cc3c2=O)cc(Cl)cc1[N+](=O)[O-]. The molecule has 0 bridgehead atoms. The van der Waals surface area contributed by atoms with Crippen molar-refractivity contribution in [3.63, 3.8) is 0 Å². The van der Waals surface area contributed by atoms with Gasteiger partial charge in [-0.15, -0.1) is 0 Å². The van der Waals surface area contributed by atoms with Crippen LogP contribution < -0.4 is 10.3 Å². The van der Waals surface area contributed by atoms with Crippen molar-refractivity contribution in [2.24, 2.45) is 5.10 Å². The van der Waals surface area contributed by atoms with E-state index in [4.69, 9.17) is 26.1 Å². The minimum atomic E-state index is -0.685. The number of aromatic nitrogens is 2. The lowest BCUT2D eigenvalue weighted by molar-refractivity contribution is -0.385. The van der Waals surface area contributed by atoms with Gasteiger partial charge in [0.15, 0.2) is 6.61 Å². The third-order valence-electron chi connectivity index (χ3n) is 6.02. The third kappa shape index (κ3) is 6.16. The number of benzene rings is 2. The van der Waals surface area contributed by atoms with Crippen LogP contribution in [0.15, 0.2) is 44.7 Å². The summed E-state index contributed by atoms with van der Waals surface area (Å²) in [6.07, 6.45) is 6.18. The maximum Gasteiger partial charge on any atom is 0.344 e. The van der Waals surface area contributed by atoms with Gasteiger partial charge in [0, 0.05) is 27.0 Å². The largest absolute Gasteiger partial charge is 0.474 e. The number of esters is 1. The van der Waals surface area contributed by atoms with Gasteiger partial charge in [0.25, 0.3) is 5.56 Å². The molecule has 10 nitrogen and oxygen atoms in total. The Morgan fingerprint density at radius 3 is 2.76 bits per heavy atom. The van der Waals surface area contributed by atoms with Crippen LogP contribution in [0.25, 0.3) is 10.9 Å². The van der Waals surface area contributed by atoms with E-state index in [1.54, 1.807) is 19.1 Å². The summed E-state index contributed by atoms with van der Waals surface area (Å²) >= 11 is 9.53. The highest BCUT2D eigenvalue weighted by atomic mass is 79.9. The monoisotopic (exact) mass is 590 g/mol. The number of nitrogens with zero attached hydrogens (tertiary/aromatic N) is 4. The smallest absolute Gasteiger partial charge is 0.344 e. The maximum atomic E-state index is 13.5.